The molecule has 2 aromatic rings. The van der Waals surface area contributed by atoms with Crippen molar-refractivity contribution >= 4 is 11.6 Å². The molecule has 2 aliphatic rings. The maximum Gasteiger partial charge on any atom is 0.433 e. The predicted molar refractivity (Wildman–Crippen MR) is 94.4 cm³/mol. The third-order valence-corrected chi connectivity index (χ3v) is 5.48. The van der Waals surface area contributed by atoms with Crippen LogP contribution in [0.3, 0.4) is 0 Å². The highest BCUT2D eigenvalue weighted by Crippen LogP contribution is 2.47. The van der Waals surface area contributed by atoms with E-state index in [1.54, 1.807) is 12.1 Å². The Balaban J connectivity index is 1.39. The third-order valence-electron chi connectivity index (χ3n) is 5.48. The van der Waals surface area contributed by atoms with Crippen LogP contribution in [0.15, 0.2) is 36.5 Å². The zero-order chi connectivity index (χ0) is 19.0. The summed E-state index contributed by atoms with van der Waals surface area (Å²) in [5, 5.41) is 9.96. The van der Waals surface area contributed by atoms with E-state index >= 15 is 0 Å². The van der Waals surface area contributed by atoms with Crippen LogP contribution >= 0.6 is 0 Å². The Hall–Kier alpha value is -2.35. The Morgan fingerprint density at radius 2 is 1.85 bits per heavy atom. The van der Waals surface area contributed by atoms with Gasteiger partial charge in [-0.2, -0.15) is 18.3 Å². The highest BCUT2D eigenvalue weighted by molar-refractivity contribution is 5.94. The number of benzene rings is 1. The Kier molecular flexibility index (Phi) is 4.67. The molecule has 144 valence electrons. The van der Waals surface area contributed by atoms with Gasteiger partial charge in [0.1, 0.15) is 5.69 Å². The maximum absolute atomic E-state index is 13.0. The SMILES string of the molecule is O=C(Nc1ccc(-n2nccc2C(F)(F)F)cc1)[C@@H]1C[C@H]1C1CCNCC1. The van der Waals surface area contributed by atoms with Crippen molar-refractivity contribution in [2.24, 2.45) is 17.8 Å². The molecule has 1 aromatic heterocycles. The standard InChI is InChI=1S/C19H21F3N4O/c20-19(21,22)17-7-10-24-26(17)14-3-1-13(2-4-14)25-18(27)16-11-15(16)12-5-8-23-9-6-12/h1-4,7,10,12,15-16,23H,5-6,8-9,11H2,(H,25,27)/t15-,16+/m0/s1. The van der Waals surface area contributed by atoms with Crippen LogP contribution in [0.2, 0.25) is 0 Å². The number of carbonyl (C=O) groups is 1. The first kappa shape index (κ1) is 18.0. The first-order valence-electron chi connectivity index (χ1n) is 9.17. The minimum Gasteiger partial charge on any atom is -0.326 e. The second kappa shape index (κ2) is 6.99. The Morgan fingerprint density at radius 3 is 2.52 bits per heavy atom. The average molecular weight is 378 g/mol. The Labute approximate surface area is 154 Å². The average Bonchev–Trinajstić information content (AvgIpc) is 3.30. The molecule has 0 unspecified atom stereocenters. The number of anilines is 1. The van der Waals surface area contributed by atoms with Gasteiger partial charge in [-0.3, -0.25) is 4.79 Å². The van der Waals surface area contributed by atoms with E-state index in [-0.39, 0.29) is 11.8 Å². The van der Waals surface area contributed by atoms with Crippen molar-refractivity contribution in [3.8, 4) is 5.69 Å². The quantitative estimate of drug-likeness (QED) is 0.857. The molecule has 2 fully saturated rings. The van der Waals surface area contributed by atoms with Crippen LogP contribution in [0, 0.1) is 17.8 Å². The number of halogens is 3. The minimum absolute atomic E-state index is 0.00125. The van der Waals surface area contributed by atoms with E-state index in [1.807, 2.05) is 0 Å². The van der Waals surface area contributed by atoms with Crippen LogP contribution in [0.25, 0.3) is 5.69 Å². The fourth-order valence-corrected chi connectivity index (χ4v) is 3.95. The van der Waals surface area contributed by atoms with Gasteiger partial charge in [0.2, 0.25) is 5.91 Å². The van der Waals surface area contributed by atoms with Crippen LogP contribution in [0.4, 0.5) is 18.9 Å². The Morgan fingerprint density at radius 1 is 1.15 bits per heavy atom. The van der Waals surface area contributed by atoms with Crippen molar-refractivity contribution in [2.75, 3.05) is 18.4 Å². The lowest BCUT2D eigenvalue weighted by molar-refractivity contribution is -0.142. The highest BCUT2D eigenvalue weighted by atomic mass is 19.4. The van der Waals surface area contributed by atoms with Gasteiger partial charge in [-0.25, -0.2) is 4.68 Å². The first-order valence-corrected chi connectivity index (χ1v) is 9.17. The fourth-order valence-electron chi connectivity index (χ4n) is 3.95. The van der Waals surface area contributed by atoms with Gasteiger partial charge in [0.05, 0.1) is 11.9 Å². The number of amides is 1. The molecule has 1 aliphatic carbocycles. The molecule has 2 heterocycles. The largest absolute Gasteiger partial charge is 0.433 e. The molecule has 4 rings (SSSR count). The predicted octanol–water partition coefficient (Wildman–Crippen LogP) is 3.47. The molecular weight excluding hydrogens is 357 g/mol. The number of hydrogen-bond donors (Lipinski definition) is 2. The summed E-state index contributed by atoms with van der Waals surface area (Å²) in [7, 11) is 0. The second-order valence-electron chi connectivity index (χ2n) is 7.26. The lowest BCUT2D eigenvalue weighted by atomic mass is 9.92. The summed E-state index contributed by atoms with van der Waals surface area (Å²) in [6.07, 6.45) is -0.189. The number of nitrogens with one attached hydrogen (secondary N) is 2. The van der Waals surface area contributed by atoms with Crippen molar-refractivity contribution in [3.63, 3.8) is 0 Å². The van der Waals surface area contributed by atoms with Gasteiger partial charge >= 0.3 is 6.18 Å². The number of nitrogens with zero attached hydrogens (tertiary/aromatic N) is 2. The normalized spacial score (nSPS) is 23.2. The van der Waals surface area contributed by atoms with Gasteiger partial charge < -0.3 is 10.6 Å². The summed E-state index contributed by atoms with van der Waals surface area (Å²) in [5.74, 6) is 1.13. The summed E-state index contributed by atoms with van der Waals surface area (Å²) < 4.78 is 39.8. The van der Waals surface area contributed by atoms with Crippen molar-refractivity contribution in [1.82, 2.24) is 15.1 Å². The molecule has 0 spiro atoms. The van der Waals surface area contributed by atoms with E-state index < -0.39 is 11.9 Å². The van der Waals surface area contributed by atoms with Gasteiger partial charge in [0.15, 0.2) is 0 Å². The smallest absolute Gasteiger partial charge is 0.326 e. The van der Waals surface area contributed by atoms with Gasteiger partial charge in [-0.15, -0.1) is 0 Å². The van der Waals surface area contributed by atoms with E-state index in [9.17, 15) is 18.0 Å². The zero-order valence-electron chi connectivity index (χ0n) is 14.7. The van der Waals surface area contributed by atoms with Gasteiger partial charge in [-0.05, 0) is 74.5 Å². The third kappa shape index (κ3) is 3.85. The molecule has 2 atom stereocenters. The molecule has 1 amide bonds. The monoisotopic (exact) mass is 378 g/mol. The van der Waals surface area contributed by atoms with Crippen molar-refractivity contribution in [1.29, 1.82) is 0 Å². The van der Waals surface area contributed by atoms with Crippen LogP contribution in [0.5, 0.6) is 0 Å². The molecule has 1 saturated heterocycles. The number of rotatable bonds is 4. The van der Waals surface area contributed by atoms with E-state index in [0.29, 0.717) is 23.2 Å². The molecule has 5 nitrogen and oxygen atoms in total. The number of aromatic nitrogens is 2. The van der Waals surface area contributed by atoms with Crippen molar-refractivity contribution in [2.45, 2.75) is 25.4 Å². The summed E-state index contributed by atoms with van der Waals surface area (Å²) in [4.78, 5) is 12.4. The first-order chi connectivity index (χ1) is 12.9. The molecular formula is C19H21F3N4O. The van der Waals surface area contributed by atoms with Gasteiger partial charge in [0, 0.05) is 11.6 Å². The van der Waals surface area contributed by atoms with E-state index in [2.05, 4.69) is 15.7 Å². The van der Waals surface area contributed by atoms with E-state index in [0.717, 1.165) is 49.3 Å². The molecule has 0 radical (unpaired) electrons. The number of hydrogen-bond acceptors (Lipinski definition) is 3. The van der Waals surface area contributed by atoms with Crippen LogP contribution in [-0.2, 0) is 11.0 Å². The molecule has 1 aromatic carbocycles. The van der Waals surface area contributed by atoms with Crippen LogP contribution in [0.1, 0.15) is 25.0 Å². The van der Waals surface area contributed by atoms with Crippen molar-refractivity contribution < 1.29 is 18.0 Å². The summed E-state index contributed by atoms with van der Waals surface area (Å²) >= 11 is 0. The summed E-state index contributed by atoms with van der Waals surface area (Å²) in [5.41, 5.74) is 0.0480. The topological polar surface area (TPSA) is 59.0 Å². The Bertz CT molecular complexity index is 809. The molecule has 27 heavy (non-hydrogen) atoms. The van der Waals surface area contributed by atoms with Crippen LogP contribution in [-0.4, -0.2) is 28.8 Å². The van der Waals surface area contributed by atoms with Crippen molar-refractivity contribution in [3.05, 3.63) is 42.2 Å². The zero-order valence-corrected chi connectivity index (χ0v) is 14.7. The minimum atomic E-state index is -4.47. The number of piperidine rings is 1. The lowest BCUT2D eigenvalue weighted by Gasteiger charge is -2.22. The second-order valence-corrected chi connectivity index (χ2v) is 7.26. The molecule has 2 N–H and O–H groups in total. The van der Waals surface area contributed by atoms with Crippen LogP contribution < -0.4 is 10.6 Å². The molecule has 0 bridgehead atoms. The molecule has 1 saturated carbocycles. The van der Waals surface area contributed by atoms with E-state index in [1.165, 1.54) is 12.1 Å². The molecule has 1 aliphatic heterocycles. The summed E-state index contributed by atoms with van der Waals surface area (Å²) in [6, 6.07) is 7.20. The summed E-state index contributed by atoms with van der Waals surface area (Å²) in [6.45, 7) is 2.04. The lowest BCUT2D eigenvalue weighted by Crippen LogP contribution is -2.29. The van der Waals surface area contributed by atoms with Gasteiger partial charge in [-0.1, -0.05) is 0 Å². The highest BCUT2D eigenvalue weighted by Gasteiger charge is 2.47. The van der Waals surface area contributed by atoms with E-state index in [4.69, 9.17) is 0 Å². The molecule has 8 heteroatoms. The fraction of sp³-hybridized carbons (Fsp3) is 0.474. The number of carbonyl (C=O) groups excluding carboxylic acids is 1. The van der Waals surface area contributed by atoms with Gasteiger partial charge in [0.25, 0.3) is 0 Å². The number of alkyl halides is 3. The maximum atomic E-state index is 13.0.